The number of hydrogen-bond donors (Lipinski definition) is 1. The second-order valence-electron chi connectivity index (χ2n) is 8.90. The van der Waals surface area contributed by atoms with Crippen molar-refractivity contribution in [1.29, 1.82) is 0 Å². The standard InChI is InChI=1S/C23H33N5O5S/c1-17-4-5-20(15-22(17)34(30,31)28-10-12-32-13-11-28)24-23(29)19(3)27-8-6-26(7-9-27)16-21-14-18(2)33-25-21/h4-5,14-15,19H,6-13,16H2,1-3H3,(H,24,29). The smallest absolute Gasteiger partial charge is 0.243 e. The highest BCUT2D eigenvalue weighted by atomic mass is 32.2. The van der Waals surface area contributed by atoms with Gasteiger partial charge in [-0.25, -0.2) is 8.42 Å². The molecule has 10 nitrogen and oxygen atoms in total. The zero-order valence-electron chi connectivity index (χ0n) is 20.0. The Labute approximate surface area is 200 Å². The first-order valence-corrected chi connectivity index (χ1v) is 13.1. The van der Waals surface area contributed by atoms with Gasteiger partial charge in [0, 0.05) is 57.6 Å². The van der Waals surface area contributed by atoms with E-state index in [1.54, 1.807) is 25.1 Å². The lowest BCUT2D eigenvalue weighted by molar-refractivity contribution is -0.121. The fraction of sp³-hybridized carbons (Fsp3) is 0.565. The van der Waals surface area contributed by atoms with Crippen LogP contribution in [-0.4, -0.2) is 92.1 Å². The van der Waals surface area contributed by atoms with Crippen molar-refractivity contribution in [2.45, 2.75) is 38.3 Å². The lowest BCUT2D eigenvalue weighted by Crippen LogP contribution is -2.52. The summed E-state index contributed by atoms with van der Waals surface area (Å²) in [5, 5.41) is 6.96. The summed E-state index contributed by atoms with van der Waals surface area (Å²) >= 11 is 0. The van der Waals surface area contributed by atoms with Gasteiger partial charge in [0.2, 0.25) is 15.9 Å². The highest BCUT2D eigenvalue weighted by molar-refractivity contribution is 7.89. The molecule has 0 spiro atoms. The van der Waals surface area contributed by atoms with E-state index in [9.17, 15) is 13.2 Å². The number of anilines is 1. The van der Waals surface area contributed by atoms with Crippen molar-refractivity contribution < 1.29 is 22.5 Å². The summed E-state index contributed by atoms with van der Waals surface area (Å²) in [6.45, 7) is 10.9. The van der Waals surface area contributed by atoms with E-state index in [2.05, 4.69) is 20.3 Å². The van der Waals surface area contributed by atoms with Gasteiger partial charge in [-0.2, -0.15) is 4.31 Å². The highest BCUT2D eigenvalue weighted by Crippen LogP contribution is 2.25. The van der Waals surface area contributed by atoms with Crippen molar-refractivity contribution in [3.8, 4) is 0 Å². The molecular weight excluding hydrogens is 458 g/mol. The third-order valence-corrected chi connectivity index (χ3v) is 8.48. The Bertz CT molecular complexity index is 1100. The molecule has 34 heavy (non-hydrogen) atoms. The number of benzene rings is 1. The van der Waals surface area contributed by atoms with Crippen molar-refractivity contribution in [3.63, 3.8) is 0 Å². The Balaban J connectivity index is 1.35. The molecule has 2 fully saturated rings. The molecule has 2 saturated heterocycles. The summed E-state index contributed by atoms with van der Waals surface area (Å²) in [6.07, 6.45) is 0. The Kier molecular flexibility index (Phi) is 7.68. The molecule has 186 valence electrons. The summed E-state index contributed by atoms with van der Waals surface area (Å²) in [7, 11) is -3.65. The van der Waals surface area contributed by atoms with Crippen molar-refractivity contribution >= 4 is 21.6 Å². The highest BCUT2D eigenvalue weighted by Gasteiger charge is 2.29. The van der Waals surface area contributed by atoms with Gasteiger partial charge in [0.25, 0.3) is 0 Å². The van der Waals surface area contributed by atoms with Gasteiger partial charge >= 0.3 is 0 Å². The van der Waals surface area contributed by atoms with E-state index >= 15 is 0 Å². The van der Waals surface area contributed by atoms with Crippen LogP contribution in [0.2, 0.25) is 0 Å². The number of hydrogen-bond acceptors (Lipinski definition) is 8. The van der Waals surface area contributed by atoms with Crippen LogP contribution >= 0.6 is 0 Å². The fourth-order valence-electron chi connectivity index (χ4n) is 4.32. The topological polar surface area (TPSA) is 108 Å². The zero-order valence-corrected chi connectivity index (χ0v) is 20.8. The predicted molar refractivity (Wildman–Crippen MR) is 127 cm³/mol. The first-order chi connectivity index (χ1) is 16.2. The maximum Gasteiger partial charge on any atom is 0.243 e. The van der Waals surface area contributed by atoms with Crippen LogP contribution in [0.4, 0.5) is 5.69 Å². The van der Waals surface area contributed by atoms with Crippen molar-refractivity contribution in [2.24, 2.45) is 0 Å². The lowest BCUT2D eigenvalue weighted by atomic mass is 10.2. The minimum Gasteiger partial charge on any atom is -0.379 e. The van der Waals surface area contributed by atoms with E-state index in [0.29, 0.717) is 37.6 Å². The van der Waals surface area contributed by atoms with Gasteiger partial charge in [0.1, 0.15) is 5.76 Å². The molecule has 1 amide bonds. The molecule has 2 aliphatic heterocycles. The number of piperazine rings is 1. The average molecular weight is 492 g/mol. The summed E-state index contributed by atoms with van der Waals surface area (Å²) in [5.74, 6) is 0.648. The SMILES string of the molecule is Cc1cc(CN2CCN(C(C)C(=O)Nc3ccc(C)c(S(=O)(=O)N4CCOCC4)c3)CC2)no1. The Morgan fingerprint density at radius 1 is 1.09 bits per heavy atom. The second kappa shape index (κ2) is 10.5. The molecule has 11 heteroatoms. The van der Waals surface area contributed by atoms with Gasteiger partial charge in [0.05, 0.1) is 29.8 Å². The predicted octanol–water partition coefficient (Wildman–Crippen LogP) is 1.46. The third-order valence-electron chi connectivity index (χ3n) is 6.44. The van der Waals surface area contributed by atoms with Gasteiger partial charge in [-0.15, -0.1) is 0 Å². The molecule has 3 heterocycles. The minimum absolute atomic E-state index is 0.154. The lowest BCUT2D eigenvalue weighted by Gasteiger charge is -2.37. The summed E-state index contributed by atoms with van der Waals surface area (Å²) in [5.41, 5.74) is 2.05. The van der Waals surface area contributed by atoms with Crippen LogP contribution in [0.3, 0.4) is 0 Å². The summed E-state index contributed by atoms with van der Waals surface area (Å²) in [6, 6.07) is 6.64. The number of sulfonamides is 1. The van der Waals surface area contributed by atoms with Crippen LogP contribution in [0.1, 0.15) is 23.9 Å². The Morgan fingerprint density at radius 2 is 1.79 bits per heavy atom. The van der Waals surface area contributed by atoms with Crippen molar-refractivity contribution in [2.75, 3.05) is 57.8 Å². The first kappa shape index (κ1) is 24.8. The number of morpholine rings is 1. The number of ether oxygens (including phenoxy) is 1. The van der Waals surface area contributed by atoms with E-state index in [0.717, 1.165) is 44.2 Å². The number of nitrogens with zero attached hydrogens (tertiary/aromatic N) is 4. The summed E-state index contributed by atoms with van der Waals surface area (Å²) in [4.78, 5) is 17.6. The monoisotopic (exact) mass is 491 g/mol. The molecule has 0 radical (unpaired) electrons. The molecular formula is C23H33N5O5S. The van der Waals surface area contributed by atoms with Crippen LogP contribution in [-0.2, 0) is 26.1 Å². The number of carbonyl (C=O) groups excluding carboxylic acids is 1. The maximum atomic E-state index is 13.1. The number of carbonyl (C=O) groups is 1. The second-order valence-corrected chi connectivity index (χ2v) is 10.8. The van der Waals surface area contributed by atoms with E-state index < -0.39 is 10.0 Å². The van der Waals surface area contributed by atoms with Gasteiger partial charge in [0.15, 0.2) is 0 Å². The van der Waals surface area contributed by atoms with Crippen LogP contribution in [0, 0.1) is 13.8 Å². The van der Waals surface area contributed by atoms with E-state index in [1.807, 2.05) is 19.9 Å². The molecule has 1 unspecified atom stereocenters. The van der Waals surface area contributed by atoms with Gasteiger partial charge in [-0.3, -0.25) is 14.6 Å². The molecule has 0 aliphatic carbocycles. The number of nitrogens with one attached hydrogen (secondary N) is 1. The maximum absolute atomic E-state index is 13.1. The molecule has 2 aliphatic rings. The molecule has 0 bridgehead atoms. The van der Waals surface area contributed by atoms with Crippen molar-refractivity contribution in [3.05, 3.63) is 41.3 Å². The number of rotatable bonds is 7. The molecule has 1 atom stereocenters. The number of aryl methyl sites for hydroxylation is 2. The number of amides is 1. The Hall–Kier alpha value is -2.31. The largest absolute Gasteiger partial charge is 0.379 e. The van der Waals surface area contributed by atoms with Gasteiger partial charge in [-0.1, -0.05) is 11.2 Å². The van der Waals surface area contributed by atoms with Crippen LogP contribution in [0.25, 0.3) is 0 Å². The van der Waals surface area contributed by atoms with E-state index in [1.165, 1.54) is 4.31 Å². The third kappa shape index (κ3) is 5.66. The average Bonchev–Trinajstić information content (AvgIpc) is 3.25. The number of aromatic nitrogens is 1. The molecule has 0 saturated carbocycles. The normalized spacial score (nSPS) is 19.7. The summed E-state index contributed by atoms with van der Waals surface area (Å²) < 4.78 is 38.1. The molecule has 1 aromatic heterocycles. The van der Waals surface area contributed by atoms with Crippen molar-refractivity contribution in [1.82, 2.24) is 19.3 Å². The zero-order chi connectivity index (χ0) is 24.3. The molecule has 2 aromatic rings. The fourth-order valence-corrected chi connectivity index (χ4v) is 5.98. The van der Waals surface area contributed by atoms with Crippen LogP contribution < -0.4 is 5.32 Å². The van der Waals surface area contributed by atoms with E-state index in [4.69, 9.17) is 9.26 Å². The molecule has 4 rings (SSSR count). The molecule has 1 N–H and O–H groups in total. The van der Waals surface area contributed by atoms with Gasteiger partial charge in [-0.05, 0) is 38.5 Å². The van der Waals surface area contributed by atoms with E-state index in [-0.39, 0.29) is 16.8 Å². The van der Waals surface area contributed by atoms with Crippen LogP contribution in [0.15, 0.2) is 33.7 Å². The quantitative estimate of drug-likeness (QED) is 0.620. The molecule has 1 aromatic carbocycles. The van der Waals surface area contributed by atoms with Crippen LogP contribution in [0.5, 0.6) is 0 Å². The minimum atomic E-state index is -3.65. The Morgan fingerprint density at radius 3 is 2.44 bits per heavy atom. The first-order valence-electron chi connectivity index (χ1n) is 11.6. The van der Waals surface area contributed by atoms with Gasteiger partial charge < -0.3 is 14.6 Å².